The molecule has 1 N–H and O–H groups in total. The highest BCUT2D eigenvalue weighted by atomic mass is 16.4. The van der Waals surface area contributed by atoms with Crippen LogP contribution in [-0.2, 0) is 9.59 Å². The predicted molar refractivity (Wildman–Crippen MR) is 55.2 cm³/mol. The Morgan fingerprint density at radius 2 is 1.86 bits per heavy atom. The Labute approximate surface area is 85.5 Å². The molecule has 82 valence electrons. The van der Waals surface area contributed by atoms with Crippen LogP contribution in [0.5, 0.6) is 0 Å². The van der Waals surface area contributed by atoms with E-state index in [1.54, 1.807) is 0 Å². The fourth-order valence-corrected chi connectivity index (χ4v) is 1.53. The first-order chi connectivity index (χ1) is 6.61. The molecule has 3 nitrogen and oxygen atoms in total. The van der Waals surface area contributed by atoms with E-state index in [4.69, 9.17) is 5.11 Å². The molecule has 0 aliphatic heterocycles. The van der Waals surface area contributed by atoms with E-state index < -0.39 is 5.97 Å². The van der Waals surface area contributed by atoms with E-state index in [1.807, 2.05) is 6.92 Å². The van der Waals surface area contributed by atoms with E-state index in [9.17, 15) is 9.59 Å². The van der Waals surface area contributed by atoms with Crippen LogP contribution in [0.1, 0.15) is 52.4 Å². The summed E-state index contributed by atoms with van der Waals surface area (Å²) in [5, 5.41) is 8.48. The largest absolute Gasteiger partial charge is 0.481 e. The van der Waals surface area contributed by atoms with Crippen molar-refractivity contribution in [2.75, 3.05) is 0 Å². The third-order valence-electron chi connectivity index (χ3n) is 2.43. The number of carboxylic acid groups (broad SMARTS) is 1. The lowest BCUT2D eigenvalue weighted by molar-refractivity contribution is -0.141. The van der Waals surface area contributed by atoms with Gasteiger partial charge in [-0.15, -0.1) is 0 Å². The molecule has 0 aromatic heterocycles. The van der Waals surface area contributed by atoms with E-state index in [2.05, 4.69) is 6.92 Å². The summed E-state index contributed by atoms with van der Waals surface area (Å²) in [4.78, 5) is 21.7. The summed E-state index contributed by atoms with van der Waals surface area (Å²) in [5.74, 6) is -1.17. The van der Waals surface area contributed by atoms with Crippen molar-refractivity contribution in [1.82, 2.24) is 0 Å². The third-order valence-corrected chi connectivity index (χ3v) is 2.43. The monoisotopic (exact) mass is 200 g/mol. The van der Waals surface area contributed by atoms with Crippen molar-refractivity contribution in [2.24, 2.45) is 5.92 Å². The van der Waals surface area contributed by atoms with Gasteiger partial charge in [0.05, 0.1) is 0 Å². The fourth-order valence-electron chi connectivity index (χ4n) is 1.53. The first kappa shape index (κ1) is 13.1. The molecule has 1 unspecified atom stereocenters. The van der Waals surface area contributed by atoms with Gasteiger partial charge in [-0.25, -0.2) is 0 Å². The maximum Gasteiger partial charge on any atom is 0.310 e. The first-order valence-corrected chi connectivity index (χ1v) is 5.36. The van der Waals surface area contributed by atoms with Crippen LogP contribution in [0.3, 0.4) is 0 Å². The number of unbranched alkanes of at least 4 members (excludes halogenated alkanes) is 2. The SMILES string of the molecule is CCCCCC(CC)C(=O)CC(=O)O. The fraction of sp³-hybridized carbons (Fsp3) is 0.818. The van der Waals surface area contributed by atoms with Gasteiger partial charge in [-0.05, 0) is 12.8 Å². The molecule has 0 aliphatic carbocycles. The minimum absolute atomic E-state index is 0.0438. The molecule has 3 heteroatoms. The molecule has 0 radical (unpaired) electrons. The van der Waals surface area contributed by atoms with Crippen LogP contribution >= 0.6 is 0 Å². The Balaban J connectivity index is 3.86. The Kier molecular flexibility index (Phi) is 7.07. The summed E-state index contributed by atoms with van der Waals surface area (Å²) >= 11 is 0. The van der Waals surface area contributed by atoms with E-state index in [-0.39, 0.29) is 18.1 Å². The Morgan fingerprint density at radius 3 is 2.29 bits per heavy atom. The molecule has 0 spiro atoms. The van der Waals surface area contributed by atoms with Gasteiger partial charge in [-0.3, -0.25) is 9.59 Å². The summed E-state index contributed by atoms with van der Waals surface area (Å²) in [5.41, 5.74) is 0. The molecule has 0 rings (SSSR count). The molecule has 0 bridgehead atoms. The molecule has 0 fully saturated rings. The third kappa shape index (κ3) is 5.73. The maximum absolute atomic E-state index is 11.4. The molecule has 0 saturated heterocycles. The van der Waals surface area contributed by atoms with E-state index in [1.165, 1.54) is 0 Å². The quantitative estimate of drug-likeness (QED) is 0.484. The van der Waals surface area contributed by atoms with Gasteiger partial charge in [0.2, 0.25) is 0 Å². The van der Waals surface area contributed by atoms with E-state index in [0.717, 1.165) is 32.1 Å². The van der Waals surface area contributed by atoms with E-state index >= 15 is 0 Å². The van der Waals surface area contributed by atoms with Crippen molar-refractivity contribution in [2.45, 2.75) is 52.4 Å². The minimum Gasteiger partial charge on any atom is -0.481 e. The van der Waals surface area contributed by atoms with Gasteiger partial charge in [0, 0.05) is 5.92 Å². The van der Waals surface area contributed by atoms with Crippen LogP contribution in [0.25, 0.3) is 0 Å². The number of carbonyl (C=O) groups is 2. The number of carboxylic acids is 1. The van der Waals surface area contributed by atoms with Crippen molar-refractivity contribution in [3.05, 3.63) is 0 Å². The van der Waals surface area contributed by atoms with Crippen molar-refractivity contribution in [3.63, 3.8) is 0 Å². The molecule has 0 heterocycles. The average molecular weight is 200 g/mol. The lowest BCUT2D eigenvalue weighted by Crippen LogP contribution is -2.17. The number of hydrogen-bond acceptors (Lipinski definition) is 2. The topological polar surface area (TPSA) is 54.4 Å². The molecular formula is C11H20O3. The standard InChI is InChI=1S/C11H20O3/c1-3-5-6-7-9(4-2)10(12)8-11(13)14/h9H,3-8H2,1-2H3,(H,13,14). The van der Waals surface area contributed by atoms with Gasteiger partial charge < -0.3 is 5.11 Å². The summed E-state index contributed by atoms with van der Waals surface area (Å²) < 4.78 is 0. The zero-order valence-corrected chi connectivity index (χ0v) is 9.08. The van der Waals surface area contributed by atoms with Crippen molar-refractivity contribution in [1.29, 1.82) is 0 Å². The van der Waals surface area contributed by atoms with Crippen LogP contribution in [0, 0.1) is 5.92 Å². The molecule has 0 aromatic rings. The lowest BCUT2D eigenvalue weighted by atomic mass is 9.93. The normalized spacial score (nSPS) is 12.4. The molecule has 0 amide bonds. The summed E-state index contributed by atoms with van der Waals surface area (Å²) in [6.45, 7) is 4.05. The number of ketones is 1. The second kappa shape index (κ2) is 7.54. The Bertz CT molecular complexity index is 187. The second-order valence-electron chi connectivity index (χ2n) is 3.64. The molecule has 0 saturated carbocycles. The highest BCUT2D eigenvalue weighted by molar-refractivity contribution is 5.95. The van der Waals surface area contributed by atoms with Crippen molar-refractivity contribution < 1.29 is 14.7 Å². The summed E-state index contributed by atoms with van der Waals surface area (Å²) in [6, 6.07) is 0. The molecular weight excluding hydrogens is 180 g/mol. The van der Waals surface area contributed by atoms with E-state index in [0.29, 0.717) is 0 Å². The minimum atomic E-state index is -1.01. The lowest BCUT2D eigenvalue weighted by Gasteiger charge is -2.11. The van der Waals surface area contributed by atoms with Crippen LogP contribution in [0.15, 0.2) is 0 Å². The average Bonchev–Trinajstić information content (AvgIpc) is 2.11. The maximum atomic E-state index is 11.4. The van der Waals surface area contributed by atoms with Gasteiger partial charge >= 0.3 is 5.97 Å². The smallest absolute Gasteiger partial charge is 0.310 e. The number of aliphatic carboxylic acids is 1. The highest BCUT2D eigenvalue weighted by Crippen LogP contribution is 2.16. The van der Waals surface area contributed by atoms with Gasteiger partial charge in [0.15, 0.2) is 0 Å². The first-order valence-electron chi connectivity index (χ1n) is 5.36. The van der Waals surface area contributed by atoms with Gasteiger partial charge in [0.1, 0.15) is 12.2 Å². The number of hydrogen-bond donors (Lipinski definition) is 1. The molecule has 0 aromatic carbocycles. The number of rotatable bonds is 8. The summed E-state index contributed by atoms with van der Waals surface area (Å²) in [7, 11) is 0. The second-order valence-corrected chi connectivity index (χ2v) is 3.64. The zero-order chi connectivity index (χ0) is 11.0. The van der Waals surface area contributed by atoms with Crippen molar-refractivity contribution in [3.8, 4) is 0 Å². The number of carbonyl (C=O) groups excluding carboxylic acids is 1. The van der Waals surface area contributed by atoms with Crippen LogP contribution in [0.2, 0.25) is 0 Å². The van der Waals surface area contributed by atoms with Gasteiger partial charge in [-0.2, -0.15) is 0 Å². The zero-order valence-electron chi connectivity index (χ0n) is 9.08. The predicted octanol–water partition coefficient (Wildman–Crippen LogP) is 2.64. The van der Waals surface area contributed by atoms with Gasteiger partial charge in [0.25, 0.3) is 0 Å². The number of Topliss-reactive ketones (excluding diaryl/α,β-unsaturated/α-hetero) is 1. The molecule has 1 atom stereocenters. The summed E-state index contributed by atoms with van der Waals surface area (Å²) in [6.07, 6.45) is 4.57. The highest BCUT2D eigenvalue weighted by Gasteiger charge is 2.18. The van der Waals surface area contributed by atoms with Crippen LogP contribution in [0.4, 0.5) is 0 Å². The Hall–Kier alpha value is -0.860. The Morgan fingerprint density at radius 1 is 1.21 bits per heavy atom. The van der Waals surface area contributed by atoms with Gasteiger partial charge in [-0.1, -0.05) is 33.1 Å². The van der Waals surface area contributed by atoms with Crippen molar-refractivity contribution >= 4 is 11.8 Å². The van der Waals surface area contributed by atoms with Crippen LogP contribution < -0.4 is 0 Å². The molecule has 14 heavy (non-hydrogen) atoms. The molecule has 0 aliphatic rings. The van der Waals surface area contributed by atoms with Crippen LogP contribution in [-0.4, -0.2) is 16.9 Å².